The van der Waals surface area contributed by atoms with Crippen molar-refractivity contribution in [3.8, 4) is 17.1 Å². The largest absolute Gasteiger partial charge is 0.496 e. The van der Waals surface area contributed by atoms with Crippen LogP contribution in [0, 0.1) is 0 Å². The standard InChI is InChI=1S/C22H18ClN3O3/c1-28-19-8-7-15(23)9-16(19)21(27)26-12-22(13-26)17-10-24-20(25-18(17)11-29-22)14-5-3-2-4-6-14/h2-10H,11-13H2,1H3. The smallest absolute Gasteiger partial charge is 0.257 e. The lowest BCUT2D eigenvalue weighted by molar-refractivity contribution is -0.126. The summed E-state index contributed by atoms with van der Waals surface area (Å²) >= 11 is 6.07. The molecule has 1 spiro atoms. The molecule has 146 valence electrons. The fourth-order valence-electron chi connectivity index (χ4n) is 3.91. The number of ether oxygens (including phenoxy) is 2. The number of rotatable bonds is 3. The minimum atomic E-state index is -0.536. The van der Waals surface area contributed by atoms with Crippen LogP contribution in [0.15, 0.2) is 54.7 Å². The number of carbonyl (C=O) groups is 1. The monoisotopic (exact) mass is 407 g/mol. The molecule has 1 aromatic heterocycles. The zero-order chi connectivity index (χ0) is 20.0. The van der Waals surface area contributed by atoms with Crippen molar-refractivity contribution in [3.63, 3.8) is 0 Å². The van der Waals surface area contributed by atoms with Gasteiger partial charge in [-0.2, -0.15) is 0 Å². The summed E-state index contributed by atoms with van der Waals surface area (Å²) in [6.07, 6.45) is 1.83. The van der Waals surface area contributed by atoms with Crippen molar-refractivity contribution in [2.45, 2.75) is 12.2 Å². The van der Waals surface area contributed by atoms with Gasteiger partial charge in [0, 0.05) is 22.3 Å². The minimum Gasteiger partial charge on any atom is -0.496 e. The Morgan fingerprint density at radius 3 is 2.76 bits per heavy atom. The molecule has 0 radical (unpaired) electrons. The summed E-state index contributed by atoms with van der Waals surface area (Å²) in [5.74, 6) is 1.05. The number of carbonyl (C=O) groups excluding carboxylic acids is 1. The van der Waals surface area contributed by atoms with Gasteiger partial charge in [0.05, 0.1) is 38.1 Å². The van der Waals surface area contributed by atoms with E-state index in [1.165, 1.54) is 7.11 Å². The first-order chi connectivity index (χ1) is 14.1. The van der Waals surface area contributed by atoms with Crippen molar-refractivity contribution < 1.29 is 14.3 Å². The summed E-state index contributed by atoms with van der Waals surface area (Å²) in [7, 11) is 1.54. The fourth-order valence-corrected chi connectivity index (χ4v) is 4.08. The predicted molar refractivity (Wildman–Crippen MR) is 108 cm³/mol. The van der Waals surface area contributed by atoms with Crippen LogP contribution in [0.25, 0.3) is 11.4 Å². The Hall–Kier alpha value is -2.96. The molecule has 2 aliphatic rings. The second-order valence-corrected chi connectivity index (χ2v) is 7.65. The van der Waals surface area contributed by atoms with Crippen molar-refractivity contribution in [1.82, 2.24) is 14.9 Å². The molecule has 2 aromatic carbocycles. The van der Waals surface area contributed by atoms with E-state index in [1.807, 2.05) is 36.5 Å². The molecule has 0 N–H and O–H groups in total. The topological polar surface area (TPSA) is 64.5 Å². The van der Waals surface area contributed by atoms with Crippen molar-refractivity contribution in [2.75, 3.05) is 20.2 Å². The molecular formula is C22H18ClN3O3. The Bertz CT molecular complexity index is 1100. The third-order valence-corrected chi connectivity index (χ3v) is 5.68. The zero-order valence-electron chi connectivity index (χ0n) is 15.8. The molecule has 0 aliphatic carbocycles. The maximum Gasteiger partial charge on any atom is 0.257 e. The van der Waals surface area contributed by atoms with Gasteiger partial charge in [-0.1, -0.05) is 41.9 Å². The van der Waals surface area contributed by atoms with Crippen LogP contribution in [0.2, 0.25) is 5.02 Å². The van der Waals surface area contributed by atoms with E-state index in [2.05, 4.69) is 4.98 Å². The predicted octanol–water partition coefficient (Wildman–Crippen LogP) is 3.69. The quantitative estimate of drug-likeness (QED) is 0.662. The summed E-state index contributed by atoms with van der Waals surface area (Å²) in [5, 5.41) is 0.494. The van der Waals surface area contributed by atoms with Gasteiger partial charge >= 0.3 is 0 Å². The highest BCUT2D eigenvalue weighted by Gasteiger charge is 2.53. The molecule has 3 aromatic rings. The minimum absolute atomic E-state index is 0.131. The number of methoxy groups -OCH3 is 1. The molecule has 6 nitrogen and oxygen atoms in total. The van der Waals surface area contributed by atoms with E-state index in [9.17, 15) is 4.79 Å². The van der Waals surface area contributed by atoms with Crippen molar-refractivity contribution in [1.29, 1.82) is 0 Å². The number of benzene rings is 2. The maximum absolute atomic E-state index is 13.0. The molecule has 5 rings (SSSR count). The Morgan fingerprint density at radius 2 is 2.00 bits per heavy atom. The molecule has 29 heavy (non-hydrogen) atoms. The van der Waals surface area contributed by atoms with Crippen LogP contribution in [-0.2, 0) is 16.9 Å². The number of halogens is 1. The van der Waals surface area contributed by atoms with Crippen LogP contribution in [0.4, 0.5) is 0 Å². The van der Waals surface area contributed by atoms with Gasteiger partial charge in [-0.05, 0) is 18.2 Å². The first-order valence-corrected chi connectivity index (χ1v) is 9.66. The number of fused-ring (bicyclic) bond motifs is 2. The number of aromatic nitrogens is 2. The Labute approximate surface area is 173 Å². The number of nitrogens with zero attached hydrogens (tertiary/aromatic N) is 3. The fraction of sp³-hybridized carbons (Fsp3) is 0.227. The van der Waals surface area contributed by atoms with Crippen molar-refractivity contribution in [2.24, 2.45) is 0 Å². The van der Waals surface area contributed by atoms with Crippen LogP contribution in [0.3, 0.4) is 0 Å². The summed E-state index contributed by atoms with van der Waals surface area (Å²) < 4.78 is 11.4. The van der Waals surface area contributed by atoms with E-state index >= 15 is 0 Å². The van der Waals surface area contributed by atoms with Gasteiger partial charge in [0.15, 0.2) is 5.82 Å². The SMILES string of the molecule is COc1ccc(Cl)cc1C(=O)N1CC2(C1)OCc1nc(-c3ccccc3)ncc12. The van der Waals surface area contributed by atoms with Gasteiger partial charge in [-0.15, -0.1) is 0 Å². The van der Waals surface area contributed by atoms with Crippen LogP contribution in [0.1, 0.15) is 21.6 Å². The van der Waals surface area contributed by atoms with E-state index < -0.39 is 5.60 Å². The van der Waals surface area contributed by atoms with Gasteiger partial charge in [-0.25, -0.2) is 9.97 Å². The van der Waals surface area contributed by atoms with Crippen LogP contribution >= 0.6 is 11.6 Å². The first kappa shape index (κ1) is 18.1. The molecule has 0 bridgehead atoms. The molecule has 1 saturated heterocycles. The molecule has 1 fully saturated rings. The molecule has 0 unspecified atom stereocenters. The average molecular weight is 408 g/mol. The number of likely N-dealkylation sites (tertiary alicyclic amines) is 1. The van der Waals surface area contributed by atoms with Crippen LogP contribution in [0.5, 0.6) is 5.75 Å². The summed E-state index contributed by atoms with van der Waals surface area (Å²) in [5.41, 5.74) is 2.72. The number of hydrogen-bond donors (Lipinski definition) is 0. The normalized spacial score (nSPS) is 16.4. The first-order valence-electron chi connectivity index (χ1n) is 9.28. The second-order valence-electron chi connectivity index (χ2n) is 7.21. The van der Waals surface area contributed by atoms with Gasteiger partial charge in [0.25, 0.3) is 5.91 Å². The molecular weight excluding hydrogens is 390 g/mol. The lowest BCUT2D eigenvalue weighted by Crippen LogP contribution is -2.61. The zero-order valence-corrected chi connectivity index (χ0v) is 16.5. The highest BCUT2D eigenvalue weighted by atomic mass is 35.5. The summed E-state index contributed by atoms with van der Waals surface area (Å²) in [4.78, 5) is 23.9. The average Bonchev–Trinajstić information content (AvgIpc) is 3.12. The second kappa shape index (κ2) is 6.83. The van der Waals surface area contributed by atoms with Gasteiger partial charge < -0.3 is 14.4 Å². The molecule has 1 amide bonds. The number of hydrogen-bond acceptors (Lipinski definition) is 5. The number of amides is 1. The highest BCUT2D eigenvalue weighted by molar-refractivity contribution is 6.31. The van der Waals surface area contributed by atoms with Gasteiger partial charge in [-0.3, -0.25) is 4.79 Å². The maximum atomic E-state index is 13.0. The molecule has 2 aliphatic heterocycles. The van der Waals surface area contributed by atoms with Gasteiger partial charge in [0.2, 0.25) is 0 Å². The Kier molecular flexibility index (Phi) is 4.26. The summed E-state index contributed by atoms with van der Waals surface area (Å²) in [6, 6.07) is 14.9. The van der Waals surface area contributed by atoms with Crippen molar-refractivity contribution >= 4 is 17.5 Å². The van der Waals surface area contributed by atoms with E-state index in [-0.39, 0.29) is 5.91 Å². The van der Waals surface area contributed by atoms with E-state index in [0.29, 0.717) is 41.9 Å². The van der Waals surface area contributed by atoms with E-state index in [1.54, 1.807) is 23.1 Å². The van der Waals surface area contributed by atoms with E-state index in [0.717, 1.165) is 16.8 Å². The lowest BCUT2D eigenvalue weighted by Gasteiger charge is -2.47. The molecule has 0 atom stereocenters. The van der Waals surface area contributed by atoms with Crippen LogP contribution < -0.4 is 4.74 Å². The van der Waals surface area contributed by atoms with E-state index in [4.69, 9.17) is 26.1 Å². The van der Waals surface area contributed by atoms with Crippen LogP contribution in [-0.4, -0.2) is 41.0 Å². The molecule has 3 heterocycles. The molecule has 7 heteroatoms. The Balaban J connectivity index is 1.38. The third-order valence-electron chi connectivity index (χ3n) is 5.45. The molecule has 0 saturated carbocycles. The van der Waals surface area contributed by atoms with Crippen molar-refractivity contribution in [3.05, 3.63) is 76.6 Å². The Morgan fingerprint density at radius 1 is 1.21 bits per heavy atom. The van der Waals surface area contributed by atoms with Gasteiger partial charge in [0.1, 0.15) is 11.4 Å². The summed E-state index contributed by atoms with van der Waals surface area (Å²) in [6.45, 7) is 1.31. The lowest BCUT2D eigenvalue weighted by atomic mass is 9.87. The third kappa shape index (κ3) is 2.96. The highest BCUT2D eigenvalue weighted by Crippen LogP contribution is 2.43.